The highest BCUT2D eigenvalue weighted by atomic mass is 16.2. The van der Waals surface area contributed by atoms with Gasteiger partial charge in [0.15, 0.2) is 0 Å². The van der Waals surface area contributed by atoms with Crippen molar-refractivity contribution in [2.45, 2.75) is 46.6 Å². The molecular formula is C12H22N4O. The molecular weight excluding hydrogens is 216 g/mol. The Kier molecular flexibility index (Phi) is 4.54. The predicted octanol–water partition coefficient (Wildman–Crippen LogP) is 1.29. The Morgan fingerprint density at radius 1 is 1.41 bits per heavy atom. The van der Waals surface area contributed by atoms with Gasteiger partial charge in [0.25, 0.3) is 0 Å². The van der Waals surface area contributed by atoms with Gasteiger partial charge < -0.3 is 11.1 Å². The van der Waals surface area contributed by atoms with Gasteiger partial charge in [0.1, 0.15) is 6.04 Å². The summed E-state index contributed by atoms with van der Waals surface area (Å²) in [5, 5.41) is 7.23. The molecule has 0 aromatic carbocycles. The smallest absolute Gasteiger partial charge is 0.244 e. The van der Waals surface area contributed by atoms with E-state index in [1.807, 2.05) is 27.7 Å². The molecule has 96 valence electrons. The minimum Gasteiger partial charge on any atom is -0.396 e. The number of anilines is 1. The first-order valence-electron chi connectivity index (χ1n) is 6.20. The lowest BCUT2D eigenvalue weighted by atomic mass is 10.2. The summed E-state index contributed by atoms with van der Waals surface area (Å²) in [5.74, 6) is -0.0210. The van der Waals surface area contributed by atoms with E-state index in [0.717, 1.165) is 29.9 Å². The summed E-state index contributed by atoms with van der Waals surface area (Å²) >= 11 is 0. The van der Waals surface area contributed by atoms with Gasteiger partial charge in [0.2, 0.25) is 5.91 Å². The number of likely N-dealkylation sites (N-methyl/N-ethyl adjacent to an activating group) is 1. The summed E-state index contributed by atoms with van der Waals surface area (Å²) in [7, 11) is 0. The Morgan fingerprint density at radius 3 is 2.53 bits per heavy atom. The number of nitrogen functional groups attached to an aromatic ring is 1. The lowest BCUT2D eigenvalue weighted by molar-refractivity contribution is -0.124. The second kappa shape index (κ2) is 5.70. The quantitative estimate of drug-likeness (QED) is 0.811. The molecule has 0 saturated heterocycles. The topological polar surface area (TPSA) is 72.9 Å². The number of aryl methyl sites for hydroxylation is 1. The maximum Gasteiger partial charge on any atom is 0.244 e. The SMILES string of the molecule is CCNC(=O)C(C)n1nc(CC)c(N)c1CC. The van der Waals surface area contributed by atoms with Crippen LogP contribution in [0.2, 0.25) is 0 Å². The molecule has 1 unspecified atom stereocenters. The van der Waals surface area contributed by atoms with Crippen molar-refractivity contribution in [2.75, 3.05) is 12.3 Å². The van der Waals surface area contributed by atoms with Gasteiger partial charge in [-0.1, -0.05) is 13.8 Å². The second-order valence-corrected chi connectivity index (χ2v) is 4.03. The van der Waals surface area contributed by atoms with E-state index in [1.54, 1.807) is 4.68 Å². The first-order valence-corrected chi connectivity index (χ1v) is 6.20. The zero-order valence-corrected chi connectivity index (χ0v) is 11.1. The van der Waals surface area contributed by atoms with E-state index in [9.17, 15) is 4.79 Å². The zero-order valence-electron chi connectivity index (χ0n) is 11.1. The molecule has 5 heteroatoms. The lowest BCUT2D eigenvalue weighted by Crippen LogP contribution is -2.32. The molecule has 1 amide bonds. The predicted molar refractivity (Wildman–Crippen MR) is 68.8 cm³/mol. The fourth-order valence-corrected chi connectivity index (χ4v) is 1.90. The average molecular weight is 238 g/mol. The van der Waals surface area contributed by atoms with Crippen molar-refractivity contribution in [1.29, 1.82) is 0 Å². The van der Waals surface area contributed by atoms with Crippen LogP contribution < -0.4 is 11.1 Å². The van der Waals surface area contributed by atoms with Crippen LogP contribution in [0.5, 0.6) is 0 Å². The van der Waals surface area contributed by atoms with E-state index in [2.05, 4.69) is 10.4 Å². The summed E-state index contributed by atoms with van der Waals surface area (Å²) in [6, 6.07) is -0.312. The summed E-state index contributed by atoms with van der Waals surface area (Å²) in [4.78, 5) is 11.8. The highest BCUT2D eigenvalue weighted by Gasteiger charge is 2.21. The van der Waals surface area contributed by atoms with Crippen molar-refractivity contribution >= 4 is 11.6 Å². The van der Waals surface area contributed by atoms with Crippen LogP contribution in [0, 0.1) is 0 Å². The number of nitrogens with one attached hydrogen (secondary N) is 1. The van der Waals surface area contributed by atoms with Crippen molar-refractivity contribution in [3.8, 4) is 0 Å². The lowest BCUT2D eigenvalue weighted by Gasteiger charge is -2.14. The normalized spacial score (nSPS) is 12.5. The standard InChI is InChI=1S/C12H22N4O/c1-5-9-11(13)10(6-2)16(15-9)8(4)12(17)14-7-3/h8H,5-7,13H2,1-4H3,(H,14,17). The Morgan fingerprint density at radius 2 is 2.06 bits per heavy atom. The average Bonchev–Trinajstić information content (AvgIpc) is 2.64. The molecule has 1 heterocycles. The summed E-state index contributed by atoms with van der Waals surface area (Å²) in [6.07, 6.45) is 1.57. The second-order valence-electron chi connectivity index (χ2n) is 4.03. The minimum absolute atomic E-state index is 0.0210. The van der Waals surface area contributed by atoms with Crippen molar-refractivity contribution in [1.82, 2.24) is 15.1 Å². The molecule has 0 aliphatic heterocycles. The van der Waals surface area contributed by atoms with Crippen molar-refractivity contribution in [3.05, 3.63) is 11.4 Å². The van der Waals surface area contributed by atoms with Crippen LogP contribution in [0.15, 0.2) is 0 Å². The van der Waals surface area contributed by atoms with E-state index in [0.29, 0.717) is 6.54 Å². The Hall–Kier alpha value is -1.52. The molecule has 0 radical (unpaired) electrons. The molecule has 5 nitrogen and oxygen atoms in total. The van der Waals surface area contributed by atoms with Crippen LogP contribution in [-0.4, -0.2) is 22.2 Å². The molecule has 0 fully saturated rings. The van der Waals surface area contributed by atoms with Crippen molar-refractivity contribution < 1.29 is 4.79 Å². The monoisotopic (exact) mass is 238 g/mol. The van der Waals surface area contributed by atoms with Crippen LogP contribution in [0.1, 0.15) is 45.1 Å². The van der Waals surface area contributed by atoms with Crippen molar-refractivity contribution in [2.24, 2.45) is 0 Å². The fraction of sp³-hybridized carbons (Fsp3) is 0.667. The van der Waals surface area contributed by atoms with Gasteiger partial charge in [-0.15, -0.1) is 0 Å². The molecule has 1 aromatic rings. The molecule has 0 aliphatic rings. The number of aromatic nitrogens is 2. The summed E-state index contributed by atoms with van der Waals surface area (Å²) in [5.41, 5.74) is 8.57. The summed E-state index contributed by atoms with van der Waals surface area (Å²) in [6.45, 7) is 8.41. The Labute approximate surface area is 102 Å². The number of carbonyl (C=O) groups is 1. The number of hydrogen-bond acceptors (Lipinski definition) is 3. The minimum atomic E-state index is -0.312. The fourth-order valence-electron chi connectivity index (χ4n) is 1.90. The number of hydrogen-bond donors (Lipinski definition) is 2. The molecule has 1 atom stereocenters. The number of carbonyl (C=O) groups excluding carboxylic acids is 1. The molecule has 1 aromatic heterocycles. The maximum absolute atomic E-state index is 11.8. The van der Waals surface area contributed by atoms with E-state index in [4.69, 9.17) is 5.73 Å². The van der Waals surface area contributed by atoms with Crippen LogP contribution >= 0.6 is 0 Å². The van der Waals surface area contributed by atoms with Crippen LogP contribution in [0.25, 0.3) is 0 Å². The number of amides is 1. The number of nitrogens with zero attached hydrogens (tertiary/aromatic N) is 2. The zero-order chi connectivity index (χ0) is 13.0. The van der Waals surface area contributed by atoms with Crippen LogP contribution in [0.3, 0.4) is 0 Å². The first-order chi connectivity index (χ1) is 8.06. The van der Waals surface area contributed by atoms with E-state index >= 15 is 0 Å². The van der Waals surface area contributed by atoms with Crippen molar-refractivity contribution in [3.63, 3.8) is 0 Å². The Bertz CT molecular complexity index is 397. The molecule has 3 N–H and O–H groups in total. The molecule has 17 heavy (non-hydrogen) atoms. The largest absolute Gasteiger partial charge is 0.396 e. The third-order valence-corrected chi connectivity index (χ3v) is 2.89. The van der Waals surface area contributed by atoms with Gasteiger partial charge in [0.05, 0.1) is 17.1 Å². The van der Waals surface area contributed by atoms with E-state index < -0.39 is 0 Å². The maximum atomic E-state index is 11.8. The highest BCUT2D eigenvalue weighted by Crippen LogP contribution is 2.22. The number of nitrogens with two attached hydrogens (primary N) is 1. The van der Waals surface area contributed by atoms with E-state index in [-0.39, 0.29) is 11.9 Å². The number of rotatable bonds is 5. The van der Waals surface area contributed by atoms with E-state index in [1.165, 1.54) is 0 Å². The molecule has 0 spiro atoms. The van der Waals surface area contributed by atoms with Gasteiger partial charge in [-0.25, -0.2) is 0 Å². The third kappa shape index (κ3) is 2.60. The molecule has 1 rings (SSSR count). The Balaban J connectivity index is 3.08. The third-order valence-electron chi connectivity index (χ3n) is 2.89. The molecule has 0 saturated carbocycles. The van der Waals surface area contributed by atoms with Crippen LogP contribution in [0.4, 0.5) is 5.69 Å². The van der Waals surface area contributed by atoms with Gasteiger partial charge in [0, 0.05) is 6.54 Å². The van der Waals surface area contributed by atoms with Gasteiger partial charge in [-0.2, -0.15) is 5.10 Å². The molecule has 0 bridgehead atoms. The van der Waals surface area contributed by atoms with Gasteiger partial charge in [-0.05, 0) is 26.7 Å². The van der Waals surface area contributed by atoms with Gasteiger partial charge >= 0.3 is 0 Å². The highest BCUT2D eigenvalue weighted by molar-refractivity contribution is 5.80. The summed E-state index contributed by atoms with van der Waals surface area (Å²) < 4.78 is 1.75. The van der Waals surface area contributed by atoms with Gasteiger partial charge in [-0.3, -0.25) is 9.48 Å². The van der Waals surface area contributed by atoms with Crippen LogP contribution in [-0.2, 0) is 17.6 Å². The molecule has 0 aliphatic carbocycles. The first kappa shape index (κ1) is 13.5.